The summed E-state index contributed by atoms with van der Waals surface area (Å²) in [5, 5.41) is 8.90. The largest absolute Gasteiger partial charge is 0.477 e. The highest BCUT2D eigenvalue weighted by Crippen LogP contribution is 2.14. The Kier molecular flexibility index (Phi) is 6.77. The van der Waals surface area contributed by atoms with Crippen LogP contribution in [0, 0.1) is 18.3 Å². The van der Waals surface area contributed by atoms with Crippen LogP contribution in [0.4, 0.5) is 0 Å². The van der Waals surface area contributed by atoms with Crippen LogP contribution in [0.2, 0.25) is 0 Å². The highest BCUT2D eigenvalue weighted by atomic mass is 16.5. The second-order valence-corrected chi connectivity index (χ2v) is 3.72. The molecule has 0 saturated heterocycles. The average molecular weight is 250 g/mol. The zero-order chi connectivity index (χ0) is 13.2. The van der Waals surface area contributed by atoms with E-state index in [0.29, 0.717) is 37.9 Å². The van der Waals surface area contributed by atoms with Crippen LogP contribution < -0.4 is 4.74 Å². The number of hydrogen-bond donors (Lipinski definition) is 0. The van der Waals surface area contributed by atoms with Crippen LogP contribution in [0.25, 0.3) is 0 Å². The van der Waals surface area contributed by atoms with Crippen LogP contribution in [0.3, 0.4) is 0 Å². The van der Waals surface area contributed by atoms with Gasteiger partial charge in [0.25, 0.3) is 0 Å². The van der Waals surface area contributed by atoms with Gasteiger partial charge in [-0.25, -0.2) is 4.98 Å². The quantitative estimate of drug-likeness (QED) is 0.657. The molecule has 0 spiro atoms. The van der Waals surface area contributed by atoms with E-state index in [4.69, 9.17) is 19.5 Å². The summed E-state index contributed by atoms with van der Waals surface area (Å²) in [6, 6.07) is 5.56. The monoisotopic (exact) mass is 250 g/mol. The van der Waals surface area contributed by atoms with Crippen molar-refractivity contribution < 1.29 is 14.2 Å². The van der Waals surface area contributed by atoms with E-state index in [1.807, 2.05) is 6.92 Å². The van der Waals surface area contributed by atoms with Gasteiger partial charge >= 0.3 is 0 Å². The maximum absolute atomic E-state index is 8.90. The van der Waals surface area contributed by atoms with Crippen molar-refractivity contribution in [3.05, 3.63) is 23.4 Å². The van der Waals surface area contributed by atoms with Crippen molar-refractivity contribution in [3.8, 4) is 11.9 Å². The molecule has 0 N–H and O–H groups in total. The molecule has 0 atom stereocenters. The number of aromatic nitrogens is 1. The molecule has 98 valence electrons. The van der Waals surface area contributed by atoms with E-state index in [1.54, 1.807) is 19.2 Å². The first-order valence-corrected chi connectivity index (χ1v) is 5.85. The van der Waals surface area contributed by atoms with Crippen molar-refractivity contribution in [1.29, 1.82) is 5.26 Å². The summed E-state index contributed by atoms with van der Waals surface area (Å²) in [7, 11) is 1.64. The Hall–Kier alpha value is -1.64. The maximum Gasteiger partial charge on any atom is 0.231 e. The Morgan fingerprint density at radius 1 is 1.22 bits per heavy atom. The van der Waals surface area contributed by atoms with Crippen molar-refractivity contribution in [2.45, 2.75) is 13.3 Å². The number of hydrogen-bond acceptors (Lipinski definition) is 5. The molecule has 18 heavy (non-hydrogen) atoms. The fourth-order valence-corrected chi connectivity index (χ4v) is 1.30. The van der Waals surface area contributed by atoms with E-state index in [1.165, 1.54) is 0 Å². The summed E-state index contributed by atoms with van der Waals surface area (Å²) in [5.74, 6) is 0.398. The highest BCUT2D eigenvalue weighted by Gasteiger charge is 2.04. The van der Waals surface area contributed by atoms with Crippen molar-refractivity contribution in [2.75, 3.05) is 33.5 Å². The Morgan fingerprint density at radius 2 is 2.06 bits per heavy atom. The number of methoxy groups -OCH3 is 1. The number of nitriles is 1. The van der Waals surface area contributed by atoms with Gasteiger partial charge in [-0.2, -0.15) is 5.26 Å². The van der Waals surface area contributed by atoms with E-state index in [2.05, 4.69) is 11.1 Å². The van der Waals surface area contributed by atoms with Gasteiger partial charge in [0.15, 0.2) is 0 Å². The third-order valence-corrected chi connectivity index (χ3v) is 2.22. The Balaban J connectivity index is 2.27. The molecular weight excluding hydrogens is 232 g/mol. The Bertz CT molecular complexity index is 402. The average Bonchev–Trinajstić information content (AvgIpc) is 2.38. The molecule has 0 saturated carbocycles. The van der Waals surface area contributed by atoms with Gasteiger partial charge in [0, 0.05) is 25.8 Å². The SMILES string of the molecule is COCCOCCCOc1nc(C)ccc1C#N. The van der Waals surface area contributed by atoms with Gasteiger partial charge in [-0.05, 0) is 19.1 Å². The van der Waals surface area contributed by atoms with Gasteiger partial charge in [0.2, 0.25) is 5.88 Å². The molecule has 0 aliphatic heterocycles. The third kappa shape index (κ3) is 5.13. The summed E-state index contributed by atoms with van der Waals surface area (Å²) >= 11 is 0. The molecule has 5 nitrogen and oxygen atoms in total. The first-order valence-electron chi connectivity index (χ1n) is 5.85. The van der Waals surface area contributed by atoms with Gasteiger partial charge in [-0.3, -0.25) is 0 Å². The molecule has 0 aromatic carbocycles. The molecule has 0 aliphatic rings. The van der Waals surface area contributed by atoms with Gasteiger partial charge in [0.05, 0.1) is 19.8 Å². The van der Waals surface area contributed by atoms with E-state index in [0.717, 1.165) is 12.1 Å². The Labute approximate surface area is 107 Å². The third-order valence-electron chi connectivity index (χ3n) is 2.22. The lowest BCUT2D eigenvalue weighted by atomic mass is 10.2. The normalized spacial score (nSPS) is 10.1. The summed E-state index contributed by atoms with van der Waals surface area (Å²) < 4.78 is 15.6. The van der Waals surface area contributed by atoms with E-state index in [-0.39, 0.29) is 0 Å². The lowest BCUT2D eigenvalue weighted by Gasteiger charge is -2.07. The first kappa shape index (κ1) is 14.4. The number of pyridine rings is 1. The summed E-state index contributed by atoms with van der Waals surface area (Å²) in [6.45, 7) is 4.14. The second kappa shape index (κ2) is 8.45. The zero-order valence-corrected chi connectivity index (χ0v) is 10.8. The van der Waals surface area contributed by atoms with Crippen molar-refractivity contribution in [1.82, 2.24) is 4.98 Å². The molecule has 1 aromatic heterocycles. The molecule has 0 fully saturated rings. The van der Waals surface area contributed by atoms with Crippen LogP contribution in [-0.4, -0.2) is 38.5 Å². The molecule has 1 aromatic rings. The molecule has 1 rings (SSSR count). The molecule has 0 unspecified atom stereocenters. The zero-order valence-electron chi connectivity index (χ0n) is 10.8. The maximum atomic E-state index is 8.90. The van der Waals surface area contributed by atoms with Crippen LogP contribution in [0.1, 0.15) is 17.7 Å². The molecule has 0 bridgehead atoms. The fourth-order valence-electron chi connectivity index (χ4n) is 1.30. The van der Waals surface area contributed by atoms with Gasteiger partial charge in [0.1, 0.15) is 11.6 Å². The van der Waals surface area contributed by atoms with Crippen LogP contribution >= 0.6 is 0 Å². The van der Waals surface area contributed by atoms with Crippen molar-refractivity contribution >= 4 is 0 Å². The van der Waals surface area contributed by atoms with Crippen LogP contribution in [0.15, 0.2) is 12.1 Å². The lowest BCUT2D eigenvalue weighted by molar-refractivity contribution is 0.0642. The number of rotatable bonds is 8. The minimum Gasteiger partial charge on any atom is -0.477 e. The smallest absolute Gasteiger partial charge is 0.231 e. The number of nitrogens with zero attached hydrogens (tertiary/aromatic N) is 2. The minimum absolute atomic E-state index is 0.398. The predicted molar refractivity (Wildman–Crippen MR) is 66.5 cm³/mol. The lowest BCUT2D eigenvalue weighted by Crippen LogP contribution is -2.08. The van der Waals surface area contributed by atoms with Crippen molar-refractivity contribution in [2.24, 2.45) is 0 Å². The van der Waals surface area contributed by atoms with Crippen molar-refractivity contribution in [3.63, 3.8) is 0 Å². The van der Waals surface area contributed by atoms with Crippen LogP contribution in [-0.2, 0) is 9.47 Å². The highest BCUT2D eigenvalue weighted by molar-refractivity contribution is 5.38. The molecule has 0 radical (unpaired) electrons. The number of ether oxygens (including phenoxy) is 3. The molecule has 1 heterocycles. The predicted octanol–water partition coefficient (Wildman–Crippen LogP) is 1.69. The summed E-state index contributed by atoms with van der Waals surface area (Å²) in [6.07, 6.45) is 0.754. The first-order chi connectivity index (χ1) is 8.77. The molecule has 5 heteroatoms. The standard InChI is InChI=1S/C13H18N2O3/c1-11-4-5-12(10-14)13(15-11)18-7-3-6-17-9-8-16-2/h4-5H,3,6-9H2,1-2H3. The molecule has 0 aliphatic carbocycles. The van der Waals surface area contributed by atoms with Gasteiger partial charge in [-0.15, -0.1) is 0 Å². The molecular formula is C13H18N2O3. The minimum atomic E-state index is 0.398. The van der Waals surface area contributed by atoms with Gasteiger partial charge < -0.3 is 14.2 Å². The fraction of sp³-hybridized carbons (Fsp3) is 0.538. The van der Waals surface area contributed by atoms with E-state index < -0.39 is 0 Å². The number of aryl methyl sites for hydroxylation is 1. The molecule has 0 amide bonds. The van der Waals surface area contributed by atoms with Crippen LogP contribution in [0.5, 0.6) is 5.88 Å². The Morgan fingerprint density at radius 3 is 2.78 bits per heavy atom. The van der Waals surface area contributed by atoms with E-state index >= 15 is 0 Å². The van der Waals surface area contributed by atoms with Gasteiger partial charge in [-0.1, -0.05) is 0 Å². The van der Waals surface area contributed by atoms with E-state index in [9.17, 15) is 0 Å². The summed E-state index contributed by atoms with van der Waals surface area (Å²) in [5.41, 5.74) is 1.29. The summed E-state index contributed by atoms with van der Waals surface area (Å²) in [4.78, 5) is 4.19. The topological polar surface area (TPSA) is 64.4 Å². The second-order valence-electron chi connectivity index (χ2n) is 3.72.